The maximum Gasteiger partial charge on any atom is 0.326 e. The molecule has 0 bridgehead atoms. The molecule has 114 valence electrons. The van der Waals surface area contributed by atoms with E-state index in [4.69, 9.17) is 0 Å². The van der Waals surface area contributed by atoms with Crippen LogP contribution < -0.4 is 4.90 Å². The molecular weight excluding hydrogens is 342 g/mol. The minimum absolute atomic E-state index is 0.175. The molecule has 1 aliphatic rings. The number of nitro groups is 1. The van der Waals surface area contributed by atoms with E-state index in [9.17, 15) is 20.0 Å². The molecule has 1 aromatic rings. The van der Waals surface area contributed by atoms with Crippen molar-refractivity contribution < 1.29 is 14.8 Å². The van der Waals surface area contributed by atoms with E-state index in [-0.39, 0.29) is 5.69 Å². The highest BCUT2D eigenvalue weighted by Gasteiger charge is 2.37. The third kappa shape index (κ3) is 3.15. The molecule has 7 nitrogen and oxygen atoms in total. The zero-order valence-corrected chi connectivity index (χ0v) is 13.1. The van der Waals surface area contributed by atoms with Crippen LogP contribution in [0.25, 0.3) is 0 Å². The highest BCUT2D eigenvalue weighted by molar-refractivity contribution is 9.10. The van der Waals surface area contributed by atoms with Gasteiger partial charge in [-0.2, -0.15) is 0 Å². The van der Waals surface area contributed by atoms with Gasteiger partial charge in [0, 0.05) is 12.7 Å². The minimum Gasteiger partial charge on any atom is -0.480 e. The van der Waals surface area contributed by atoms with E-state index in [1.165, 1.54) is 6.20 Å². The van der Waals surface area contributed by atoms with Gasteiger partial charge in [-0.05, 0) is 34.7 Å². The van der Waals surface area contributed by atoms with Crippen molar-refractivity contribution >= 4 is 33.3 Å². The summed E-state index contributed by atoms with van der Waals surface area (Å²) in [7, 11) is 0. The van der Waals surface area contributed by atoms with Crippen LogP contribution in [-0.2, 0) is 4.79 Å². The lowest BCUT2D eigenvalue weighted by Crippen LogP contribution is -2.47. The van der Waals surface area contributed by atoms with Crippen molar-refractivity contribution in [3.8, 4) is 0 Å². The number of carbonyl (C=O) groups is 1. The molecule has 1 fully saturated rings. The lowest BCUT2D eigenvalue weighted by molar-refractivity contribution is -0.384. The van der Waals surface area contributed by atoms with E-state index in [2.05, 4.69) is 20.9 Å². The molecule has 2 rings (SSSR count). The monoisotopic (exact) mass is 357 g/mol. The van der Waals surface area contributed by atoms with Crippen molar-refractivity contribution in [2.45, 2.75) is 32.2 Å². The first kappa shape index (κ1) is 15.7. The molecule has 21 heavy (non-hydrogen) atoms. The van der Waals surface area contributed by atoms with Crippen LogP contribution in [0.4, 0.5) is 11.4 Å². The first-order valence-corrected chi connectivity index (χ1v) is 7.52. The average molecular weight is 358 g/mol. The van der Waals surface area contributed by atoms with E-state index in [0.29, 0.717) is 29.0 Å². The Morgan fingerprint density at radius 2 is 2.33 bits per heavy atom. The molecule has 0 aliphatic carbocycles. The van der Waals surface area contributed by atoms with E-state index in [1.807, 2.05) is 6.92 Å². The van der Waals surface area contributed by atoms with Gasteiger partial charge in [0.1, 0.15) is 17.9 Å². The Bertz CT molecular complexity index is 566. The number of carboxylic acids is 1. The van der Waals surface area contributed by atoms with Crippen LogP contribution >= 0.6 is 15.9 Å². The van der Waals surface area contributed by atoms with Gasteiger partial charge >= 0.3 is 11.7 Å². The highest BCUT2D eigenvalue weighted by atomic mass is 79.9. The number of anilines is 1. The van der Waals surface area contributed by atoms with Crippen LogP contribution in [-0.4, -0.2) is 33.6 Å². The fourth-order valence-electron chi connectivity index (χ4n) is 2.75. The second-order valence-corrected chi connectivity index (χ2v) is 5.95. The molecule has 1 aromatic heterocycles. The van der Waals surface area contributed by atoms with Crippen LogP contribution in [0.15, 0.2) is 16.9 Å². The number of hydrogen-bond donors (Lipinski definition) is 1. The zero-order valence-electron chi connectivity index (χ0n) is 11.5. The van der Waals surface area contributed by atoms with Crippen molar-refractivity contribution in [1.82, 2.24) is 4.98 Å². The summed E-state index contributed by atoms with van der Waals surface area (Å²) in [5.74, 6) is -0.617. The summed E-state index contributed by atoms with van der Waals surface area (Å²) in [4.78, 5) is 27.6. The van der Waals surface area contributed by atoms with Crippen LogP contribution in [0.2, 0.25) is 0 Å². The summed E-state index contributed by atoms with van der Waals surface area (Å²) in [6.07, 6.45) is 4.85. The van der Waals surface area contributed by atoms with Gasteiger partial charge in [0.2, 0.25) is 0 Å². The molecule has 0 radical (unpaired) electrons. The Hall–Kier alpha value is -1.70. The van der Waals surface area contributed by atoms with Gasteiger partial charge < -0.3 is 10.0 Å². The number of rotatable bonds is 4. The molecule has 0 spiro atoms. The van der Waals surface area contributed by atoms with Crippen molar-refractivity contribution in [2.75, 3.05) is 11.4 Å². The summed E-state index contributed by atoms with van der Waals surface area (Å²) >= 11 is 3.26. The molecule has 1 aliphatic heterocycles. The topological polar surface area (TPSA) is 96.6 Å². The summed E-state index contributed by atoms with van der Waals surface area (Å²) in [6, 6.07) is -0.749. The summed E-state index contributed by atoms with van der Waals surface area (Å²) in [5.41, 5.74) is 0.127. The average Bonchev–Trinajstić information content (AvgIpc) is 2.46. The fraction of sp³-hybridized carbons (Fsp3) is 0.538. The standard InChI is InChI=1S/C13H16BrN3O4/c1-2-8-3-4-16(10(5-8)13(18)19)12-9(14)6-15-7-11(12)17(20)21/h6-8,10H,2-5H2,1H3,(H,18,19). The highest BCUT2D eigenvalue weighted by Crippen LogP contribution is 2.39. The predicted octanol–water partition coefficient (Wildman–Crippen LogP) is 2.83. The number of aliphatic carboxylic acids is 1. The Labute approximate surface area is 130 Å². The quantitative estimate of drug-likeness (QED) is 0.657. The summed E-state index contributed by atoms with van der Waals surface area (Å²) in [5, 5.41) is 20.6. The molecule has 0 amide bonds. The van der Waals surface area contributed by atoms with E-state index >= 15 is 0 Å². The van der Waals surface area contributed by atoms with Crippen molar-refractivity contribution in [1.29, 1.82) is 0 Å². The molecule has 0 saturated carbocycles. The van der Waals surface area contributed by atoms with Crippen molar-refractivity contribution in [2.24, 2.45) is 5.92 Å². The van der Waals surface area contributed by atoms with Crippen molar-refractivity contribution in [3.63, 3.8) is 0 Å². The Morgan fingerprint density at radius 1 is 1.62 bits per heavy atom. The number of piperidine rings is 1. The Kier molecular flexibility index (Phi) is 4.76. The Morgan fingerprint density at radius 3 is 2.90 bits per heavy atom. The predicted molar refractivity (Wildman–Crippen MR) is 80.4 cm³/mol. The molecule has 2 heterocycles. The number of nitrogens with zero attached hydrogens (tertiary/aromatic N) is 3. The SMILES string of the molecule is CCC1CCN(c2c(Br)cncc2[N+](=O)[O-])C(C(=O)O)C1. The van der Waals surface area contributed by atoms with Crippen LogP contribution in [0, 0.1) is 16.0 Å². The first-order chi connectivity index (χ1) is 9.95. The number of aromatic nitrogens is 1. The van der Waals surface area contributed by atoms with Gasteiger partial charge in [-0.1, -0.05) is 13.3 Å². The van der Waals surface area contributed by atoms with Gasteiger partial charge in [-0.25, -0.2) is 4.79 Å². The normalized spacial score (nSPS) is 22.1. The molecule has 2 atom stereocenters. The molecule has 8 heteroatoms. The van der Waals surface area contributed by atoms with E-state index < -0.39 is 16.9 Å². The van der Waals surface area contributed by atoms with Gasteiger partial charge in [-0.15, -0.1) is 0 Å². The molecular formula is C13H16BrN3O4. The lowest BCUT2D eigenvalue weighted by Gasteiger charge is -2.38. The third-order valence-electron chi connectivity index (χ3n) is 3.91. The molecule has 0 aromatic carbocycles. The Balaban J connectivity index is 2.44. The third-order valence-corrected chi connectivity index (χ3v) is 4.49. The minimum atomic E-state index is -0.953. The van der Waals surface area contributed by atoms with Gasteiger partial charge in [-0.3, -0.25) is 15.1 Å². The van der Waals surface area contributed by atoms with Crippen LogP contribution in [0.5, 0.6) is 0 Å². The summed E-state index contributed by atoms with van der Waals surface area (Å²) in [6.45, 7) is 2.52. The largest absolute Gasteiger partial charge is 0.480 e. The second-order valence-electron chi connectivity index (χ2n) is 5.09. The second kappa shape index (κ2) is 6.38. The maximum atomic E-state index is 11.5. The summed E-state index contributed by atoms with van der Waals surface area (Å²) < 4.78 is 0.442. The maximum absolute atomic E-state index is 11.5. The lowest BCUT2D eigenvalue weighted by atomic mass is 9.88. The molecule has 1 N–H and O–H groups in total. The number of pyridine rings is 1. The number of halogens is 1. The molecule has 1 saturated heterocycles. The fourth-order valence-corrected chi connectivity index (χ4v) is 3.30. The van der Waals surface area contributed by atoms with E-state index in [1.54, 1.807) is 4.90 Å². The van der Waals surface area contributed by atoms with Crippen LogP contribution in [0.3, 0.4) is 0 Å². The first-order valence-electron chi connectivity index (χ1n) is 6.73. The number of carboxylic acid groups (broad SMARTS) is 1. The smallest absolute Gasteiger partial charge is 0.326 e. The van der Waals surface area contributed by atoms with Gasteiger partial charge in [0.05, 0.1) is 9.40 Å². The van der Waals surface area contributed by atoms with Gasteiger partial charge in [0.25, 0.3) is 0 Å². The van der Waals surface area contributed by atoms with Gasteiger partial charge in [0.15, 0.2) is 0 Å². The molecule has 2 unspecified atom stereocenters. The number of hydrogen-bond acceptors (Lipinski definition) is 5. The van der Waals surface area contributed by atoms with Crippen molar-refractivity contribution in [3.05, 3.63) is 27.0 Å². The zero-order chi connectivity index (χ0) is 15.6. The van der Waals surface area contributed by atoms with Crippen LogP contribution in [0.1, 0.15) is 26.2 Å². The van der Waals surface area contributed by atoms with E-state index in [0.717, 1.165) is 19.0 Å².